The molecule has 0 radical (unpaired) electrons. The monoisotopic (exact) mass is 531 g/mol. The Morgan fingerprint density at radius 1 is 1.23 bits per heavy atom. The normalized spacial score (nSPS) is 14.9. The van der Waals surface area contributed by atoms with E-state index in [4.69, 9.17) is 0 Å². The van der Waals surface area contributed by atoms with Crippen molar-refractivity contribution >= 4 is 23.3 Å². The quantitative estimate of drug-likeness (QED) is 0.441. The van der Waals surface area contributed by atoms with Crippen LogP contribution in [-0.2, 0) is 13.7 Å². The van der Waals surface area contributed by atoms with E-state index in [2.05, 4.69) is 16.7 Å². The maximum atomic E-state index is 15.0. The van der Waals surface area contributed by atoms with Gasteiger partial charge < -0.3 is 25.2 Å². The predicted molar refractivity (Wildman–Crippen MR) is 146 cm³/mol. The number of benzene rings is 2. The van der Waals surface area contributed by atoms with Crippen LogP contribution in [0.25, 0.3) is 11.1 Å². The number of fused-ring (bicyclic) bond motifs is 1. The number of hydrogen-bond donors (Lipinski definition) is 3. The zero-order valence-electron chi connectivity index (χ0n) is 22.2. The lowest BCUT2D eigenvalue weighted by molar-refractivity contribution is 0.0965. The summed E-state index contributed by atoms with van der Waals surface area (Å²) in [6.45, 7) is 5.26. The Labute approximate surface area is 225 Å². The van der Waals surface area contributed by atoms with Crippen LogP contribution in [0.1, 0.15) is 48.2 Å². The number of halogens is 1. The van der Waals surface area contributed by atoms with Crippen LogP contribution in [-0.4, -0.2) is 34.7 Å². The van der Waals surface area contributed by atoms with Gasteiger partial charge in [0.05, 0.1) is 29.3 Å². The molecule has 10 heteroatoms. The van der Waals surface area contributed by atoms with Crippen molar-refractivity contribution in [1.29, 1.82) is 5.26 Å². The highest BCUT2D eigenvalue weighted by Crippen LogP contribution is 2.44. The van der Waals surface area contributed by atoms with Crippen LogP contribution in [0.15, 0.2) is 53.5 Å². The van der Waals surface area contributed by atoms with Gasteiger partial charge in [-0.1, -0.05) is 24.3 Å². The highest BCUT2D eigenvalue weighted by molar-refractivity contribution is 6.09. The molecule has 1 atom stereocenters. The van der Waals surface area contributed by atoms with Gasteiger partial charge >= 0.3 is 6.03 Å². The molecule has 4 rings (SSSR count). The number of rotatable bonds is 6. The third-order valence-electron chi connectivity index (χ3n) is 7.08. The fraction of sp³-hybridized carbons (Fsp3) is 0.310. The second-order valence-electron chi connectivity index (χ2n) is 10.0. The Morgan fingerprint density at radius 2 is 1.95 bits per heavy atom. The molecular formula is C29H30FN5O4. The Morgan fingerprint density at radius 3 is 2.62 bits per heavy atom. The number of nitrogens with one attached hydrogen (secondary N) is 2. The highest BCUT2D eigenvalue weighted by atomic mass is 19.1. The van der Waals surface area contributed by atoms with Crippen LogP contribution in [0.5, 0.6) is 0 Å². The molecule has 3 aromatic rings. The number of carbonyl (C=O) groups is 2. The first-order valence-electron chi connectivity index (χ1n) is 12.5. The molecule has 0 spiro atoms. The molecule has 1 unspecified atom stereocenters. The van der Waals surface area contributed by atoms with Crippen LogP contribution >= 0.6 is 0 Å². The van der Waals surface area contributed by atoms with Crippen LogP contribution in [0.2, 0.25) is 0 Å². The predicted octanol–water partition coefficient (Wildman–Crippen LogP) is 4.12. The standard InChI is InChI=1S/C29H30FN5O4/c1-5-32-28(39)33-23-12-17(13-34(4)26(23)37)18-8-7-11-24(20(18)15-36)35-14-21(29(2,3)16-31)19-9-6-10-22(30)25(19)27(35)38/h6-13,21,36H,5,14-15H2,1-4H3,(H2,32,33,39). The van der Waals surface area contributed by atoms with E-state index in [0.29, 0.717) is 34.5 Å². The van der Waals surface area contributed by atoms with Gasteiger partial charge in [-0.15, -0.1) is 0 Å². The lowest BCUT2D eigenvalue weighted by atomic mass is 9.72. The number of aromatic nitrogens is 1. The van der Waals surface area contributed by atoms with Crippen molar-refractivity contribution < 1.29 is 19.1 Å². The third kappa shape index (κ3) is 5.01. The van der Waals surface area contributed by atoms with Crippen molar-refractivity contribution in [3.63, 3.8) is 0 Å². The molecule has 2 heterocycles. The van der Waals surface area contributed by atoms with E-state index < -0.39 is 41.3 Å². The van der Waals surface area contributed by atoms with E-state index in [-0.39, 0.29) is 17.8 Å². The number of anilines is 2. The number of hydrogen-bond acceptors (Lipinski definition) is 5. The topological polar surface area (TPSA) is 127 Å². The van der Waals surface area contributed by atoms with Gasteiger partial charge in [-0.25, -0.2) is 9.18 Å². The molecule has 0 bridgehead atoms. The zero-order valence-corrected chi connectivity index (χ0v) is 22.2. The van der Waals surface area contributed by atoms with Gasteiger partial charge in [0.25, 0.3) is 11.5 Å². The molecule has 1 aromatic heterocycles. The van der Waals surface area contributed by atoms with E-state index in [9.17, 15) is 24.8 Å². The van der Waals surface area contributed by atoms with Gasteiger partial charge in [-0.3, -0.25) is 9.59 Å². The molecule has 2 aromatic carbocycles. The van der Waals surface area contributed by atoms with Crippen LogP contribution in [0, 0.1) is 22.6 Å². The number of amides is 3. The smallest absolute Gasteiger partial charge is 0.319 e. The van der Waals surface area contributed by atoms with Crippen molar-refractivity contribution in [2.24, 2.45) is 12.5 Å². The summed E-state index contributed by atoms with van der Waals surface area (Å²) in [6.07, 6.45) is 1.57. The van der Waals surface area contributed by atoms with Gasteiger partial charge in [0, 0.05) is 43.4 Å². The number of pyridine rings is 1. The van der Waals surface area contributed by atoms with Crippen LogP contribution in [0.3, 0.4) is 0 Å². The largest absolute Gasteiger partial charge is 0.392 e. The summed E-state index contributed by atoms with van der Waals surface area (Å²) in [5.74, 6) is -1.74. The number of aliphatic hydroxyl groups is 1. The molecule has 9 nitrogen and oxygen atoms in total. The molecule has 0 saturated carbocycles. The van der Waals surface area contributed by atoms with Gasteiger partial charge in [-0.05, 0) is 50.1 Å². The van der Waals surface area contributed by atoms with Gasteiger partial charge in [0.2, 0.25) is 0 Å². The van der Waals surface area contributed by atoms with E-state index in [1.165, 1.54) is 27.7 Å². The maximum absolute atomic E-state index is 15.0. The van der Waals surface area contributed by atoms with Gasteiger partial charge in [0.1, 0.15) is 11.5 Å². The summed E-state index contributed by atoms with van der Waals surface area (Å²) in [7, 11) is 1.54. The lowest BCUT2D eigenvalue weighted by Gasteiger charge is -2.40. The number of nitriles is 1. The molecule has 0 aliphatic carbocycles. The molecule has 1 aliphatic heterocycles. The SMILES string of the molecule is CCNC(=O)Nc1cc(-c2cccc(N3CC(C(C)(C)C#N)c4cccc(F)c4C3=O)c2CO)cn(C)c1=O. The Kier molecular flexibility index (Phi) is 7.56. The van der Waals surface area contributed by atoms with E-state index in [0.717, 1.165) is 0 Å². The Hall–Kier alpha value is -4.49. The van der Waals surface area contributed by atoms with E-state index in [1.54, 1.807) is 58.3 Å². The molecule has 39 heavy (non-hydrogen) atoms. The average molecular weight is 532 g/mol. The van der Waals surface area contributed by atoms with Gasteiger partial charge in [0.15, 0.2) is 0 Å². The second kappa shape index (κ2) is 10.7. The number of aryl methyl sites for hydroxylation is 1. The molecule has 0 fully saturated rings. The summed E-state index contributed by atoms with van der Waals surface area (Å²) in [5.41, 5.74) is 0.845. The van der Waals surface area contributed by atoms with Crippen LogP contribution in [0.4, 0.5) is 20.6 Å². The molecule has 0 saturated heterocycles. The summed E-state index contributed by atoms with van der Waals surface area (Å²) >= 11 is 0. The Balaban J connectivity index is 1.87. The highest BCUT2D eigenvalue weighted by Gasteiger charge is 2.42. The number of carbonyl (C=O) groups excluding carboxylic acids is 2. The van der Waals surface area contributed by atoms with Crippen molar-refractivity contribution in [2.45, 2.75) is 33.3 Å². The molecule has 3 N–H and O–H groups in total. The fourth-order valence-electron chi connectivity index (χ4n) is 5.00. The summed E-state index contributed by atoms with van der Waals surface area (Å²) in [6, 6.07) is 12.8. The summed E-state index contributed by atoms with van der Waals surface area (Å²) in [4.78, 5) is 39.8. The van der Waals surface area contributed by atoms with Crippen molar-refractivity contribution in [1.82, 2.24) is 9.88 Å². The lowest BCUT2D eigenvalue weighted by Crippen LogP contribution is -2.45. The van der Waals surface area contributed by atoms with Crippen molar-refractivity contribution in [3.8, 4) is 17.2 Å². The van der Waals surface area contributed by atoms with Crippen molar-refractivity contribution in [2.75, 3.05) is 23.3 Å². The fourth-order valence-corrected chi connectivity index (χ4v) is 5.00. The first-order chi connectivity index (χ1) is 18.5. The number of urea groups is 1. The minimum Gasteiger partial charge on any atom is -0.392 e. The molecule has 1 aliphatic rings. The molecule has 3 amide bonds. The summed E-state index contributed by atoms with van der Waals surface area (Å²) in [5, 5.41) is 25.5. The Bertz CT molecular complexity index is 1560. The first kappa shape index (κ1) is 27.5. The van der Waals surface area contributed by atoms with Crippen molar-refractivity contribution in [3.05, 3.63) is 81.5 Å². The number of aliphatic hydroxyl groups excluding tert-OH is 1. The van der Waals surface area contributed by atoms with Gasteiger partial charge in [-0.2, -0.15) is 5.26 Å². The maximum Gasteiger partial charge on any atom is 0.319 e. The second-order valence-corrected chi connectivity index (χ2v) is 10.0. The van der Waals surface area contributed by atoms with E-state index in [1.807, 2.05) is 0 Å². The summed E-state index contributed by atoms with van der Waals surface area (Å²) < 4.78 is 16.4. The zero-order chi connectivity index (χ0) is 28.5. The minimum atomic E-state index is -0.921. The average Bonchev–Trinajstić information content (AvgIpc) is 2.91. The number of nitrogens with zero attached hydrogens (tertiary/aromatic N) is 3. The van der Waals surface area contributed by atoms with Crippen LogP contribution < -0.4 is 21.1 Å². The minimum absolute atomic E-state index is 0.0381. The van der Waals surface area contributed by atoms with E-state index >= 15 is 4.39 Å². The first-order valence-corrected chi connectivity index (χ1v) is 12.5. The molecule has 202 valence electrons. The molecular weight excluding hydrogens is 501 g/mol. The third-order valence-corrected chi connectivity index (χ3v) is 7.08.